The molecule has 0 spiro atoms. The van der Waals surface area contributed by atoms with Gasteiger partial charge in [0.05, 0.1) is 12.6 Å². The number of carboxylic acid groups (broad SMARTS) is 1. The SMILES string of the molecule is CCC(C)C(N)C(=O)NCC(=O)NC(Cc1ccc(O)cc1)C(=O)NC(C(=O)O)C(C)CC. The summed E-state index contributed by atoms with van der Waals surface area (Å²) in [6.45, 7) is 6.88. The lowest BCUT2D eigenvalue weighted by Crippen LogP contribution is -2.55. The number of benzene rings is 1. The molecular weight excluding hydrogens is 428 g/mol. The lowest BCUT2D eigenvalue weighted by Gasteiger charge is -2.25. The van der Waals surface area contributed by atoms with Gasteiger partial charge in [-0.05, 0) is 29.5 Å². The molecule has 3 amide bonds. The number of nitrogens with one attached hydrogen (secondary N) is 3. The minimum Gasteiger partial charge on any atom is -0.508 e. The van der Waals surface area contributed by atoms with Crippen molar-refractivity contribution >= 4 is 23.7 Å². The molecule has 5 unspecified atom stereocenters. The van der Waals surface area contributed by atoms with E-state index < -0.39 is 41.8 Å². The predicted octanol–water partition coefficient (Wildman–Crippen LogP) is 0.525. The van der Waals surface area contributed by atoms with Gasteiger partial charge in [0.2, 0.25) is 17.7 Å². The summed E-state index contributed by atoms with van der Waals surface area (Å²) in [6, 6.07) is 3.12. The average molecular weight is 465 g/mol. The van der Waals surface area contributed by atoms with Crippen LogP contribution in [0.2, 0.25) is 0 Å². The Bertz CT molecular complexity index is 814. The van der Waals surface area contributed by atoms with Crippen LogP contribution in [0.3, 0.4) is 0 Å². The second-order valence-corrected chi connectivity index (χ2v) is 8.33. The highest BCUT2D eigenvalue weighted by molar-refractivity contribution is 5.92. The smallest absolute Gasteiger partial charge is 0.326 e. The summed E-state index contributed by atoms with van der Waals surface area (Å²) in [4.78, 5) is 49.1. The van der Waals surface area contributed by atoms with E-state index in [1.807, 2.05) is 20.8 Å². The maximum atomic E-state index is 12.9. The van der Waals surface area contributed by atoms with Gasteiger partial charge in [0, 0.05) is 6.42 Å². The number of carbonyl (C=O) groups excluding carboxylic acids is 3. The fourth-order valence-electron chi connectivity index (χ4n) is 3.06. The summed E-state index contributed by atoms with van der Waals surface area (Å²) in [7, 11) is 0. The second kappa shape index (κ2) is 13.4. The van der Waals surface area contributed by atoms with Crippen molar-refractivity contribution in [2.75, 3.05) is 6.54 Å². The molecule has 0 fully saturated rings. The highest BCUT2D eigenvalue weighted by atomic mass is 16.4. The van der Waals surface area contributed by atoms with Crippen molar-refractivity contribution in [1.82, 2.24) is 16.0 Å². The summed E-state index contributed by atoms with van der Waals surface area (Å²) in [5, 5.41) is 26.5. The first-order chi connectivity index (χ1) is 15.5. The number of carboxylic acids is 1. The first kappa shape index (κ1) is 27.9. The summed E-state index contributed by atoms with van der Waals surface area (Å²) >= 11 is 0. The van der Waals surface area contributed by atoms with E-state index in [1.165, 1.54) is 12.1 Å². The Balaban J connectivity index is 2.92. The molecule has 0 aromatic heterocycles. The fraction of sp³-hybridized carbons (Fsp3) is 0.565. The van der Waals surface area contributed by atoms with Crippen LogP contribution in [0, 0.1) is 11.8 Å². The molecule has 7 N–H and O–H groups in total. The van der Waals surface area contributed by atoms with Crippen molar-refractivity contribution in [1.29, 1.82) is 0 Å². The third-order valence-electron chi connectivity index (χ3n) is 5.79. The van der Waals surface area contributed by atoms with Gasteiger partial charge in [0.15, 0.2) is 0 Å². The molecule has 0 bridgehead atoms. The van der Waals surface area contributed by atoms with Crippen LogP contribution < -0.4 is 21.7 Å². The molecule has 0 aliphatic heterocycles. The van der Waals surface area contributed by atoms with E-state index in [1.54, 1.807) is 19.1 Å². The topological polar surface area (TPSA) is 171 Å². The maximum absolute atomic E-state index is 12.9. The Morgan fingerprint density at radius 3 is 2.03 bits per heavy atom. The maximum Gasteiger partial charge on any atom is 0.326 e. The molecule has 0 heterocycles. The molecule has 5 atom stereocenters. The van der Waals surface area contributed by atoms with Crippen LogP contribution in [-0.4, -0.2) is 58.6 Å². The number of amides is 3. The van der Waals surface area contributed by atoms with Crippen LogP contribution in [0.25, 0.3) is 0 Å². The van der Waals surface area contributed by atoms with Crippen molar-refractivity contribution < 1.29 is 29.4 Å². The van der Waals surface area contributed by atoms with Crippen LogP contribution in [0.4, 0.5) is 0 Å². The molecule has 1 rings (SSSR count). The number of carbonyl (C=O) groups is 4. The van der Waals surface area contributed by atoms with Crippen LogP contribution in [0.1, 0.15) is 46.1 Å². The Hall–Kier alpha value is -3.14. The zero-order valence-electron chi connectivity index (χ0n) is 19.6. The van der Waals surface area contributed by atoms with E-state index in [2.05, 4.69) is 16.0 Å². The van der Waals surface area contributed by atoms with Crippen LogP contribution in [0.15, 0.2) is 24.3 Å². The molecule has 0 radical (unpaired) electrons. The van der Waals surface area contributed by atoms with E-state index in [-0.39, 0.29) is 30.6 Å². The summed E-state index contributed by atoms with van der Waals surface area (Å²) < 4.78 is 0. The zero-order valence-corrected chi connectivity index (χ0v) is 19.6. The molecule has 1 aromatic carbocycles. The molecular formula is C23H36N4O6. The first-order valence-electron chi connectivity index (χ1n) is 11.1. The number of rotatable bonds is 13. The first-order valence-corrected chi connectivity index (χ1v) is 11.1. The van der Waals surface area contributed by atoms with Crippen molar-refractivity contribution in [2.24, 2.45) is 17.6 Å². The van der Waals surface area contributed by atoms with E-state index in [0.717, 1.165) is 0 Å². The Morgan fingerprint density at radius 2 is 1.52 bits per heavy atom. The molecule has 0 saturated carbocycles. The highest BCUT2D eigenvalue weighted by Gasteiger charge is 2.30. The molecule has 0 aliphatic carbocycles. The van der Waals surface area contributed by atoms with Crippen molar-refractivity contribution in [2.45, 2.75) is 65.1 Å². The summed E-state index contributed by atoms with van der Waals surface area (Å²) in [5.74, 6) is -3.25. The van der Waals surface area contributed by atoms with E-state index in [4.69, 9.17) is 5.73 Å². The minimum atomic E-state index is -1.17. The quantitative estimate of drug-likeness (QED) is 0.247. The van der Waals surface area contributed by atoms with Gasteiger partial charge in [0.25, 0.3) is 0 Å². The lowest BCUT2D eigenvalue weighted by molar-refractivity contribution is -0.143. The lowest BCUT2D eigenvalue weighted by atomic mass is 9.98. The van der Waals surface area contributed by atoms with E-state index in [9.17, 15) is 29.4 Å². The van der Waals surface area contributed by atoms with E-state index >= 15 is 0 Å². The van der Waals surface area contributed by atoms with Gasteiger partial charge in [-0.15, -0.1) is 0 Å². The normalized spacial score (nSPS) is 15.4. The summed E-state index contributed by atoms with van der Waals surface area (Å²) in [5.41, 5.74) is 6.51. The van der Waals surface area contributed by atoms with Crippen LogP contribution >= 0.6 is 0 Å². The summed E-state index contributed by atoms with van der Waals surface area (Å²) in [6.07, 6.45) is 1.30. The third-order valence-corrected chi connectivity index (χ3v) is 5.79. The highest BCUT2D eigenvalue weighted by Crippen LogP contribution is 2.13. The van der Waals surface area contributed by atoms with Gasteiger partial charge in [-0.2, -0.15) is 0 Å². The standard InChI is InChI=1S/C23H36N4O6/c1-5-13(3)19(24)22(31)25-12-18(29)26-17(11-15-7-9-16(28)10-8-15)21(30)27-20(23(32)33)14(4)6-2/h7-10,13-14,17,19-20,28H,5-6,11-12,24H2,1-4H3,(H,25,31)(H,26,29)(H,27,30)(H,32,33). The number of phenols is 1. The molecule has 33 heavy (non-hydrogen) atoms. The molecule has 0 aliphatic rings. The van der Waals surface area contributed by atoms with Crippen molar-refractivity contribution in [3.05, 3.63) is 29.8 Å². The molecule has 0 saturated heterocycles. The number of aromatic hydroxyl groups is 1. The zero-order chi connectivity index (χ0) is 25.1. The molecule has 1 aromatic rings. The Kier molecular flexibility index (Phi) is 11.3. The molecule has 10 nitrogen and oxygen atoms in total. The number of phenolic OH excluding ortho intramolecular Hbond substituents is 1. The van der Waals surface area contributed by atoms with Crippen LogP contribution in [0.5, 0.6) is 5.75 Å². The van der Waals surface area contributed by atoms with Crippen molar-refractivity contribution in [3.63, 3.8) is 0 Å². The third kappa shape index (κ3) is 9.09. The number of nitrogens with two attached hydrogens (primary N) is 1. The Morgan fingerprint density at radius 1 is 0.939 bits per heavy atom. The average Bonchev–Trinajstić information content (AvgIpc) is 2.79. The monoisotopic (exact) mass is 464 g/mol. The minimum absolute atomic E-state index is 0.0480. The largest absolute Gasteiger partial charge is 0.508 e. The molecule has 184 valence electrons. The second-order valence-electron chi connectivity index (χ2n) is 8.33. The van der Waals surface area contributed by atoms with Gasteiger partial charge in [-0.1, -0.05) is 52.7 Å². The van der Waals surface area contributed by atoms with Gasteiger partial charge in [0.1, 0.15) is 17.8 Å². The number of hydrogen-bond donors (Lipinski definition) is 6. The van der Waals surface area contributed by atoms with Crippen molar-refractivity contribution in [3.8, 4) is 5.75 Å². The van der Waals surface area contributed by atoms with Gasteiger partial charge in [-0.3, -0.25) is 14.4 Å². The van der Waals surface area contributed by atoms with Gasteiger partial charge < -0.3 is 31.9 Å². The van der Waals surface area contributed by atoms with Gasteiger partial charge >= 0.3 is 5.97 Å². The Labute approximate surface area is 194 Å². The van der Waals surface area contributed by atoms with E-state index in [0.29, 0.717) is 18.4 Å². The fourth-order valence-corrected chi connectivity index (χ4v) is 3.06. The number of hydrogen-bond acceptors (Lipinski definition) is 6. The van der Waals surface area contributed by atoms with Crippen LogP contribution in [-0.2, 0) is 25.6 Å². The predicted molar refractivity (Wildman–Crippen MR) is 123 cm³/mol. The molecule has 10 heteroatoms. The van der Waals surface area contributed by atoms with Gasteiger partial charge in [-0.25, -0.2) is 4.79 Å². The number of aliphatic carboxylic acids is 1.